The van der Waals surface area contributed by atoms with Gasteiger partial charge in [0.15, 0.2) is 0 Å². The van der Waals surface area contributed by atoms with Crippen molar-refractivity contribution in [3.05, 3.63) is 58.8 Å². The molecule has 2 aliphatic heterocycles. The highest BCUT2D eigenvalue weighted by Gasteiger charge is 2.24. The molecule has 1 aromatic heterocycles. The molecule has 2 amide bonds. The first kappa shape index (κ1) is 26.4. The fourth-order valence-electron chi connectivity index (χ4n) is 2.74. The molecule has 3 heterocycles. The number of H-pyrrole nitrogens is 1. The van der Waals surface area contributed by atoms with Crippen molar-refractivity contribution < 1.29 is 13.2 Å². The van der Waals surface area contributed by atoms with Crippen LogP contribution in [0.4, 0.5) is 4.79 Å². The van der Waals surface area contributed by atoms with Crippen molar-refractivity contribution >= 4 is 16.2 Å². The fourth-order valence-corrected chi connectivity index (χ4v) is 3.98. The number of amides is 2. The van der Waals surface area contributed by atoms with E-state index in [9.17, 15) is 18.0 Å². The van der Waals surface area contributed by atoms with Crippen molar-refractivity contribution in [2.45, 2.75) is 59.5 Å². The van der Waals surface area contributed by atoms with E-state index in [1.54, 1.807) is 23.4 Å². The molecule has 174 valence electrons. The van der Waals surface area contributed by atoms with E-state index in [0.29, 0.717) is 12.5 Å². The number of nitrogens with zero attached hydrogens (tertiary/aromatic N) is 2. The van der Waals surface area contributed by atoms with Gasteiger partial charge in [-0.1, -0.05) is 26.0 Å². The van der Waals surface area contributed by atoms with Gasteiger partial charge in [-0.05, 0) is 45.8 Å². The predicted octanol–water partition coefficient (Wildman–Crippen LogP) is 2.49. The van der Waals surface area contributed by atoms with Crippen molar-refractivity contribution in [1.82, 2.24) is 24.2 Å². The molecule has 0 bridgehead atoms. The molecule has 31 heavy (non-hydrogen) atoms. The standard InChI is InChI=1S/C8H11NO.C7H12N2O.C6H12N2O2S/c1-6(2)7-4-3-5-9-8(7)10;1-6(2)9-5-3-4-8-7(9)10;1-6(2)8-5-3-4-7-11(8,9)10/h3-6H,1-2H3,(H,9,10);3-4,6H,5H2,1-2H3,(H,8,10);3-4,6-7H,5H2,1-2H3. The average molecular weight is 454 g/mol. The molecule has 3 rings (SSSR count). The first-order valence-electron chi connectivity index (χ1n) is 10.3. The van der Waals surface area contributed by atoms with E-state index >= 15 is 0 Å². The molecule has 2 aliphatic rings. The Morgan fingerprint density at radius 1 is 0.935 bits per heavy atom. The summed E-state index contributed by atoms with van der Waals surface area (Å²) < 4.78 is 26.1. The van der Waals surface area contributed by atoms with E-state index < -0.39 is 10.2 Å². The van der Waals surface area contributed by atoms with Crippen LogP contribution in [0.1, 0.15) is 53.0 Å². The highest BCUT2D eigenvalue weighted by Crippen LogP contribution is 2.08. The van der Waals surface area contributed by atoms with Gasteiger partial charge in [0, 0.05) is 49.3 Å². The van der Waals surface area contributed by atoms with Crippen molar-refractivity contribution in [2.75, 3.05) is 13.1 Å². The topological polar surface area (TPSA) is 115 Å². The molecule has 0 aromatic carbocycles. The van der Waals surface area contributed by atoms with E-state index in [0.717, 1.165) is 12.1 Å². The van der Waals surface area contributed by atoms with E-state index in [4.69, 9.17) is 0 Å². The van der Waals surface area contributed by atoms with E-state index in [1.807, 2.05) is 59.8 Å². The van der Waals surface area contributed by atoms with Crippen molar-refractivity contribution in [3.63, 3.8) is 0 Å². The third-order valence-electron chi connectivity index (χ3n) is 4.49. The van der Waals surface area contributed by atoms with Crippen LogP contribution < -0.4 is 15.6 Å². The molecule has 1 aromatic rings. The smallest absolute Gasteiger partial charge is 0.321 e. The SMILES string of the molecule is CC(C)N1CC=CNC1=O.CC(C)N1CC=CNS1(=O)=O.CC(C)c1ccc[nH]c1=O. The Morgan fingerprint density at radius 2 is 1.58 bits per heavy atom. The summed E-state index contributed by atoms with van der Waals surface area (Å²) in [5.41, 5.74) is 0.875. The van der Waals surface area contributed by atoms with Gasteiger partial charge in [0.2, 0.25) is 0 Å². The Hall–Kier alpha value is -2.59. The number of urea groups is 1. The highest BCUT2D eigenvalue weighted by atomic mass is 32.2. The van der Waals surface area contributed by atoms with E-state index in [-0.39, 0.29) is 23.7 Å². The molecule has 0 saturated heterocycles. The van der Waals surface area contributed by atoms with Gasteiger partial charge in [0.1, 0.15) is 0 Å². The number of hydrogen-bond donors (Lipinski definition) is 3. The van der Waals surface area contributed by atoms with Gasteiger partial charge < -0.3 is 15.2 Å². The van der Waals surface area contributed by atoms with Crippen LogP contribution in [0.3, 0.4) is 0 Å². The quantitative estimate of drug-likeness (QED) is 0.652. The van der Waals surface area contributed by atoms with Crippen LogP contribution in [0, 0.1) is 0 Å². The minimum absolute atomic E-state index is 0.00231. The lowest BCUT2D eigenvalue weighted by Gasteiger charge is -2.27. The Bertz CT molecular complexity index is 920. The molecule has 3 N–H and O–H groups in total. The average Bonchev–Trinajstić information content (AvgIpc) is 2.68. The highest BCUT2D eigenvalue weighted by molar-refractivity contribution is 7.87. The lowest BCUT2D eigenvalue weighted by Crippen LogP contribution is -2.45. The largest absolute Gasteiger partial charge is 0.329 e. The Morgan fingerprint density at radius 3 is 1.97 bits per heavy atom. The number of carbonyl (C=O) groups is 1. The summed E-state index contributed by atoms with van der Waals surface area (Å²) in [6, 6.07) is 3.99. The Kier molecular flexibility index (Phi) is 10.5. The summed E-state index contributed by atoms with van der Waals surface area (Å²) >= 11 is 0. The van der Waals surface area contributed by atoms with Gasteiger partial charge in [-0.2, -0.15) is 12.7 Å². The molecular weight excluding hydrogens is 418 g/mol. The lowest BCUT2D eigenvalue weighted by molar-refractivity contribution is 0.191. The second-order valence-corrected chi connectivity index (χ2v) is 9.55. The molecule has 0 unspecified atom stereocenters. The van der Waals surface area contributed by atoms with Crippen molar-refractivity contribution in [1.29, 1.82) is 0 Å². The second kappa shape index (κ2) is 12.3. The number of aromatic nitrogens is 1. The molecule has 0 aliphatic carbocycles. The van der Waals surface area contributed by atoms with Gasteiger partial charge in [-0.15, -0.1) is 0 Å². The zero-order valence-corrected chi connectivity index (χ0v) is 19.9. The molecule has 0 fully saturated rings. The summed E-state index contributed by atoms with van der Waals surface area (Å²) in [6.45, 7) is 12.9. The number of pyridine rings is 1. The third kappa shape index (κ3) is 8.58. The summed E-state index contributed by atoms with van der Waals surface area (Å²) in [5, 5.41) is 2.62. The minimum Gasteiger partial charge on any atom is -0.329 e. The van der Waals surface area contributed by atoms with Crippen LogP contribution in [-0.2, 0) is 10.2 Å². The summed E-state index contributed by atoms with van der Waals surface area (Å²) in [7, 11) is -3.23. The number of aromatic amines is 1. The molecule has 0 saturated carbocycles. The first-order valence-corrected chi connectivity index (χ1v) is 11.7. The summed E-state index contributed by atoms with van der Waals surface area (Å²) in [5.74, 6) is 0.310. The third-order valence-corrected chi connectivity index (χ3v) is 6.11. The zero-order chi connectivity index (χ0) is 23.6. The van der Waals surface area contributed by atoms with Crippen LogP contribution in [0.25, 0.3) is 0 Å². The Labute approximate surface area is 185 Å². The molecule has 9 nitrogen and oxygen atoms in total. The Balaban J connectivity index is 0.000000233. The predicted molar refractivity (Wildman–Crippen MR) is 124 cm³/mol. The van der Waals surface area contributed by atoms with Gasteiger partial charge in [-0.3, -0.25) is 9.52 Å². The van der Waals surface area contributed by atoms with Crippen LogP contribution in [-0.4, -0.2) is 53.8 Å². The van der Waals surface area contributed by atoms with Crippen LogP contribution in [0.2, 0.25) is 0 Å². The van der Waals surface area contributed by atoms with Crippen LogP contribution >= 0.6 is 0 Å². The molecule has 0 spiro atoms. The maximum absolute atomic E-state index is 11.2. The van der Waals surface area contributed by atoms with Gasteiger partial charge in [0.25, 0.3) is 5.56 Å². The fraction of sp³-hybridized carbons (Fsp3) is 0.524. The number of rotatable bonds is 3. The van der Waals surface area contributed by atoms with Crippen molar-refractivity contribution in [3.8, 4) is 0 Å². The number of nitrogens with one attached hydrogen (secondary N) is 3. The van der Waals surface area contributed by atoms with Gasteiger partial charge in [-0.25, -0.2) is 4.79 Å². The first-order chi connectivity index (χ1) is 14.5. The van der Waals surface area contributed by atoms with E-state index in [2.05, 4.69) is 15.0 Å². The maximum Gasteiger partial charge on any atom is 0.321 e. The second-order valence-electron chi connectivity index (χ2n) is 7.90. The maximum atomic E-state index is 11.2. The monoisotopic (exact) mass is 453 g/mol. The molecule has 10 heteroatoms. The van der Waals surface area contributed by atoms with Crippen molar-refractivity contribution in [2.24, 2.45) is 0 Å². The van der Waals surface area contributed by atoms with E-state index in [1.165, 1.54) is 10.5 Å². The lowest BCUT2D eigenvalue weighted by atomic mass is 10.1. The van der Waals surface area contributed by atoms with Crippen LogP contribution in [0.15, 0.2) is 47.7 Å². The molecule has 0 atom stereocenters. The summed E-state index contributed by atoms with van der Waals surface area (Å²) in [6.07, 6.45) is 8.49. The minimum atomic E-state index is -3.23. The number of carbonyl (C=O) groups excluding carboxylic acids is 1. The molecule has 0 radical (unpaired) electrons. The zero-order valence-electron chi connectivity index (χ0n) is 19.1. The van der Waals surface area contributed by atoms with Gasteiger partial charge >= 0.3 is 16.2 Å². The normalized spacial score (nSPS) is 17.5. The molecular formula is C21H35N5O4S. The summed E-state index contributed by atoms with van der Waals surface area (Å²) in [4.78, 5) is 26.4. The number of hydrogen-bond acceptors (Lipinski definition) is 4. The van der Waals surface area contributed by atoms with Gasteiger partial charge in [0.05, 0.1) is 0 Å². The van der Waals surface area contributed by atoms with Crippen LogP contribution in [0.5, 0.6) is 0 Å².